The van der Waals surface area contributed by atoms with E-state index in [4.69, 9.17) is 4.74 Å². The number of anilines is 1. The van der Waals surface area contributed by atoms with Gasteiger partial charge >= 0.3 is 0 Å². The molecular formula is C15H20N2O2. The van der Waals surface area contributed by atoms with Crippen LogP contribution in [0.1, 0.15) is 25.7 Å². The van der Waals surface area contributed by atoms with E-state index in [1.54, 1.807) is 7.11 Å². The molecule has 0 aliphatic carbocycles. The third-order valence-electron chi connectivity index (χ3n) is 4.41. The molecule has 19 heavy (non-hydrogen) atoms. The van der Waals surface area contributed by atoms with Crippen LogP contribution in [0.25, 0.3) is 0 Å². The van der Waals surface area contributed by atoms with Crippen molar-refractivity contribution < 1.29 is 9.53 Å². The minimum atomic E-state index is -0.236. The second-order valence-corrected chi connectivity index (χ2v) is 5.41. The smallest absolute Gasteiger partial charge is 0.244 e. The van der Waals surface area contributed by atoms with Gasteiger partial charge in [0, 0.05) is 5.69 Å². The maximum absolute atomic E-state index is 12.6. The first kappa shape index (κ1) is 12.5. The Balaban J connectivity index is 1.73. The lowest BCUT2D eigenvalue weighted by atomic mass is 9.93. The Morgan fingerprint density at radius 3 is 2.42 bits per heavy atom. The molecule has 0 saturated carbocycles. The van der Waals surface area contributed by atoms with Crippen LogP contribution in [-0.4, -0.2) is 36.5 Å². The first-order valence-electron chi connectivity index (χ1n) is 6.95. The minimum Gasteiger partial charge on any atom is -0.497 e. The number of nitrogens with one attached hydrogen (secondary N) is 1. The number of fused-ring (bicyclic) bond motifs is 1. The lowest BCUT2D eigenvalue weighted by Gasteiger charge is -2.30. The molecular weight excluding hydrogens is 240 g/mol. The SMILES string of the molecule is COc1ccc(NC(=O)C23CCCN2CCC3)cc1. The van der Waals surface area contributed by atoms with Gasteiger partial charge in [-0.25, -0.2) is 0 Å². The Morgan fingerprint density at radius 2 is 1.84 bits per heavy atom. The van der Waals surface area contributed by atoms with Gasteiger partial charge in [-0.2, -0.15) is 0 Å². The summed E-state index contributed by atoms with van der Waals surface area (Å²) in [5.41, 5.74) is 0.610. The van der Waals surface area contributed by atoms with Gasteiger partial charge in [-0.3, -0.25) is 9.69 Å². The molecule has 0 spiro atoms. The third kappa shape index (κ3) is 2.10. The lowest BCUT2D eigenvalue weighted by Crippen LogP contribution is -2.48. The molecule has 0 unspecified atom stereocenters. The number of carbonyl (C=O) groups excluding carboxylic acids is 1. The van der Waals surface area contributed by atoms with E-state index in [-0.39, 0.29) is 11.4 Å². The number of rotatable bonds is 3. The van der Waals surface area contributed by atoms with Crippen LogP contribution in [0.15, 0.2) is 24.3 Å². The quantitative estimate of drug-likeness (QED) is 0.906. The summed E-state index contributed by atoms with van der Waals surface area (Å²) in [6.07, 6.45) is 4.26. The van der Waals surface area contributed by atoms with E-state index < -0.39 is 0 Å². The predicted molar refractivity (Wildman–Crippen MR) is 74.4 cm³/mol. The summed E-state index contributed by atoms with van der Waals surface area (Å²) in [5.74, 6) is 0.965. The van der Waals surface area contributed by atoms with Gasteiger partial charge in [-0.05, 0) is 63.0 Å². The third-order valence-corrected chi connectivity index (χ3v) is 4.41. The molecule has 4 heteroatoms. The van der Waals surface area contributed by atoms with Gasteiger partial charge in [-0.15, -0.1) is 0 Å². The Bertz CT molecular complexity index is 460. The monoisotopic (exact) mass is 260 g/mol. The number of methoxy groups -OCH3 is 1. The van der Waals surface area contributed by atoms with E-state index in [2.05, 4.69) is 10.2 Å². The fourth-order valence-corrected chi connectivity index (χ4v) is 3.40. The molecule has 0 radical (unpaired) electrons. The van der Waals surface area contributed by atoms with Crippen LogP contribution in [-0.2, 0) is 4.79 Å². The number of carbonyl (C=O) groups is 1. The van der Waals surface area contributed by atoms with Crippen LogP contribution < -0.4 is 10.1 Å². The van der Waals surface area contributed by atoms with Crippen LogP contribution in [0.2, 0.25) is 0 Å². The van der Waals surface area contributed by atoms with E-state index in [0.717, 1.165) is 50.2 Å². The van der Waals surface area contributed by atoms with Crippen molar-refractivity contribution in [1.82, 2.24) is 4.90 Å². The normalized spacial score (nSPS) is 21.1. The second kappa shape index (κ2) is 4.85. The molecule has 4 nitrogen and oxygen atoms in total. The number of benzene rings is 1. The van der Waals surface area contributed by atoms with Crippen LogP contribution in [0.5, 0.6) is 5.75 Å². The van der Waals surface area contributed by atoms with Crippen molar-refractivity contribution >= 4 is 11.6 Å². The van der Waals surface area contributed by atoms with Gasteiger partial charge < -0.3 is 10.1 Å². The highest BCUT2D eigenvalue weighted by Crippen LogP contribution is 2.39. The Kier molecular flexibility index (Phi) is 3.19. The molecule has 2 aliphatic heterocycles. The van der Waals surface area contributed by atoms with Crippen LogP contribution >= 0.6 is 0 Å². The molecule has 1 aromatic carbocycles. The Hall–Kier alpha value is -1.55. The molecule has 0 atom stereocenters. The second-order valence-electron chi connectivity index (χ2n) is 5.41. The van der Waals surface area contributed by atoms with Gasteiger partial charge in [-0.1, -0.05) is 0 Å². The predicted octanol–water partition coefficient (Wildman–Crippen LogP) is 2.26. The van der Waals surface area contributed by atoms with Gasteiger partial charge in [0.05, 0.1) is 7.11 Å². The molecule has 1 N–H and O–H groups in total. The Labute approximate surface area is 113 Å². The molecule has 1 amide bonds. The fourth-order valence-electron chi connectivity index (χ4n) is 3.40. The zero-order chi connectivity index (χ0) is 13.3. The summed E-state index contributed by atoms with van der Waals surface area (Å²) in [4.78, 5) is 14.9. The topological polar surface area (TPSA) is 41.6 Å². The van der Waals surface area contributed by atoms with Crippen LogP contribution in [0.4, 0.5) is 5.69 Å². The molecule has 3 rings (SSSR count). The summed E-state index contributed by atoms with van der Waals surface area (Å²) in [6.45, 7) is 2.13. The average Bonchev–Trinajstić information content (AvgIpc) is 2.99. The zero-order valence-electron chi connectivity index (χ0n) is 11.3. The van der Waals surface area contributed by atoms with Crippen molar-refractivity contribution in [3.05, 3.63) is 24.3 Å². The van der Waals surface area contributed by atoms with Crippen molar-refractivity contribution in [2.45, 2.75) is 31.2 Å². The van der Waals surface area contributed by atoms with Crippen LogP contribution in [0, 0.1) is 0 Å². The summed E-state index contributed by atoms with van der Waals surface area (Å²) in [7, 11) is 1.64. The molecule has 2 saturated heterocycles. The molecule has 2 aliphatic rings. The summed E-state index contributed by atoms with van der Waals surface area (Å²) >= 11 is 0. The average molecular weight is 260 g/mol. The summed E-state index contributed by atoms with van der Waals surface area (Å²) < 4.78 is 5.12. The number of amides is 1. The Morgan fingerprint density at radius 1 is 1.21 bits per heavy atom. The first-order valence-corrected chi connectivity index (χ1v) is 6.95. The number of nitrogens with zero attached hydrogens (tertiary/aromatic N) is 1. The van der Waals surface area contributed by atoms with Crippen molar-refractivity contribution in [3.8, 4) is 5.75 Å². The molecule has 0 bridgehead atoms. The van der Waals surface area contributed by atoms with Crippen molar-refractivity contribution in [2.75, 3.05) is 25.5 Å². The minimum absolute atomic E-state index is 0.160. The van der Waals surface area contributed by atoms with Gasteiger partial charge in [0.15, 0.2) is 0 Å². The largest absolute Gasteiger partial charge is 0.497 e. The van der Waals surface area contributed by atoms with E-state index in [1.165, 1.54) is 0 Å². The van der Waals surface area contributed by atoms with Crippen molar-refractivity contribution in [2.24, 2.45) is 0 Å². The highest BCUT2D eigenvalue weighted by atomic mass is 16.5. The van der Waals surface area contributed by atoms with Crippen molar-refractivity contribution in [3.63, 3.8) is 0 Å². The van der Waals surface area contributed by atoms with Gasteiger partial charge in [0.2, 0.25) is 5.91 Å². The highest BCUT2D eigenvalue weighted by Gasteiger charge is 2.49. The number of hydrogen-bond donors (Lipinski definition) is 1. The van der Waals surface area contributed by atoms with E-state index >= 15 is 0 Å². The van der Waals surface area contributed by atoms with E-state index in [9.17, 15) is 4.79 Å². The maximum atomic E-state index is 12.6. The summed E-state index contributed by atoms with van der Waals surface area (Å²) in [6, 6.07) is 7.52. The van der Waals surface area contributed by atoms with Gasteiger partial charge in [0.1, 0.15) is 11.3 Å². The molecule has 0 aromatic heterocycles. The van der Waals surface area contributed by atoms with Crippen molar-refractivity contribution in [1.29, 1.82) is 0 Å². The molecule has 1 aromatic rings. The summed E-state index contributed by atoms with van der Waals surface area (Å²) in [5, 5.41) is 3.06. The maximum Gasteiger partial charge on any atom is 0.244 e. The van der Waals surface area contributed by atoms with Gasteiger partial charge in [0.25, 0.3) is 0 Å². The zero-order valence-corrected chi connectivity index (χ0v) is 11.3. The molecule has 102 valence electrons. The lowest BCUT2D eigenvalue weighted by molar-refractivity contribution is -0.125. The van der Waals surface area contributed by atoms with E-state index in [1.807, 2.05) is 24.3 Å². The molecule has 2 fully saturated rings. The number of ether oxygens (including phenoxy) is 1. The van der Waals surface area contributed by atoms with Crippen LogP contribution in [0.3, 0.4) is 0 Å². The molecule has 2 heterocycles. The first-order chi connectivity index (χ1) is 9.24. The number of hydrogen-bond acceptors (Lipinski definition) is 3. The standard InChI is InChI=1S/C15H20N2O2/c1-19-13-6-4-12(5-7-13)16-14(18)15-8-2-10-17(15)11-3-9-15/h4-7H,2-3,8-11H2,1H3,(H,16,18). The highest BCUT2D eigenvalue weighted by molar-refractivity contribution is 5.98. The van der Waals surface area contributed by atoms with E-state index in [0.29, 0.717) is 0 Å². The fraction of sp³-hybridized carbons (Fsp3) is 0.533.